The molecule has 5 aromatic carbocycles. The maximum Gasteiger partial charge on any atom is 0.224 e. The lowest BCUT2D eigenvalue weighted by Gasteiger charge is -2.27. The van der Waals surface area contributed by atoms with Gasteiger partial charge in [-0.15, -0.1) is 0 Å². The molecule has 2 heterocycles. The molecule has 2 atom stereocenters. The van der Waals surface area contributed by atoms with Crippen molar-refractivity contribution in [3.63, 3.8) is 0 Å². The van der Waals surface area contributed by atoms with Gasteiger partial charge in [0.05, 0.1) is 6.42 Å². The van der Waals surface area contributed by atoms with Crippen LogP contribution in [0.15, 0.2) is 115 Å². The van der Waals surface area contributed by atoms with Gasteiger partial charge in [-0.3, -0.25) is 4.79 Å². The smallest absolute Gasteiger partial charge is 0.224 e. The van der Waals surface area contributed by atoms with E-state index in [1.807, 2.05) is 24.3 Å². The van der Waals surface area contributed by atoms with Crippen LogP contribution in [0.5, 0.6) is 34.5 Å². The fourth-order valence-corrected chi connectivity index (χ4v) is 5.25. The Labute approximate surface area is 265 Å². The molecule has 0 spiro atoms. The SMILES string of the molecule is O=C(CC1Oc2cc(O)ccc2C=C1c1ccc(O)cc1)c1ccccc1.Oc1ccc(C2=Cc3ccc(O)cc3OC2O)cc1. The van der Waals surface area contributed by atoms with Crippen molar-refractivity contribution in [2.45, 2.75) is 18.8 Å². The molecule has 0 saturated carbocycles. The predicted octanol–water partition coefficient (Wildman–Crippen LogP) is 7.02. The number of hydrogen-bond acceptors (Lipinski definition) is 8. The molecule has 5 N–H and O–H groups in total. The summed E-state index contributed by atoms with van der Waals surface area (Å²) >= 11 is 0. The molecular formula is C38H30O8. The number of aromatic hydroxyl groups is 4. The number of phenolic OH excluding ortho intramolecular Hbond substituents is 4. The molecule has 0 amide bonds. The zero-order chi connectivity index (χ0) is 32.2. The van der Waals surface area contributed by atoms with Gasteiger partial charge in [-0.1, -0.05) is 54.6 Å². The minimum Gasteiger partial charge on any atom is -0.508 e. The molecule has 7 rings (SSSR count). The fourth-order valence-electron chi connectivity index (χ4n) is 5.25. The molecule has 0 radical (unpaired) electrons. The summed E-state index contributed by atoms with van der Waals surface area (Å²) in [6.07, 6.45) is 2.35. The number of phenols is 4. The number of rotatable bonds is 5. The lowest BCUT2D eigenvalue weighted by atomic mass is 9.91. The van der Waals surface area contributed by atoms with Crippen LogP contribution in [0.1, 0.15) is 39.0 Å². The van der Waals surface area contributed by atoms with E-state index < -0.39 is 12.4 Å². The van der Waals surface area contributed by atoms with Gasteiger partial charge in [0, 0.05) is 40.0 Å². The third-order valence-corrected chi connectivity index (χ3v) is 7.60. The van der Waals surface area contributed by atoms with Gasteiger partial charge < -0.3 is 35.0 Å². The molecule has 2 unspecified atom stereocenters. The van der Waals surface area contributed by atoms with Gasteiger partial charge in [-0.05, 0) is 71.8 Å². The van der Waals surface area contributed by atoms with Crippen molar-refractivity contribution in [2.24, 2.45) is 0 Å². The molecule has 230 valence electrons. The van der Waals surface area contributed by atoms with Crippen LogP contribution in [0, 0.1) is 0 Å². The standard InChI is InChI=1S/C23H18O4.C15H12O4/c24-18-9-6-15(7-10-18)20-12-17-8-11-19(25)13-22(17)27-23(20)14-21(26)16-4-2-1-3-5-16;16-11-4-1-9(2-5-11)13-7-10-3-6-12(17)8-14(10)19-15(13)18/h1-13,23-25H,14H2;1-8,15-18H. The first kappa shape index (κ1) is 30.1. The summed E-state index contributed by atoms with van der Waals surface area (Å²) in [5.74, 6) is 1.52. The fraction of sp³-hybridized carbons (Fsp3) is 0.0789. The van der Waals surface area contributed by atoms with Crippen LogP contribution in [0.25, 0.3) is 23.3 Å². The summed E-state index contributed by atoms with van der Waals surface area (Å²) in [4.78, 5) is 12.7. The van der Waals surface area contributed by atoms with Gasteiger partial charge in [0.1, 0.15) is 40.6 Å². The predicted molar refractivity (Wildman–Crippen MR) is 175 cm³/mol. The number of ketones is 1. The molecule has 0 aromatic heterocycles. The van der Waals surface area contributed by atoms with Crippen LogP contribution in [0.4, 0.5) is 0 Å². The summed E-state index contributed by atoms with van der Waals surface area (Å²) in [6.45, 7) is 0. The van der Waals surface area contributed by atoms with Crippen molar-refractivity contribution >= 4 is 29.1 Å². The second kappa shape index (κ2) is 12.9. The lowest BCUT2D eigenvalue weighted by molar-refractivity contribution is 0.0318. The van der Waals surface area contributed by atoms with Crippen molar-refractivity contribution in [1.82, 2.24) is 0 Å². The normalized spacial score (nSPS) is 16.2. The number of Topliss-reactive ketones (excluding diaryl/α,β-unsaturated/α-hetero) is 1. The molecule has 2 aliphatic heterocycles. The van der Waals surface area contributed by atoms with Crippen LogP contribution in [-0.2, 0) is 0 Å². The van der Waals surface area contributed by atoms with Gasteiger partial charge in [0.25, 0.3) is 0 Å². The van der Waals surface area contributed by atoms with Crippen molar-refractivity contribution in [2.75, 3.05) is 0 Å². The first-order valence-corrected chi connectivity index (χ1v) is 14.5. The highest BCUT2D eigenvalue weighted by Gasteiger charge is 2.27. The Morgan fingerprint density at radius 3 is 1.61 bits per heavy atom. The largest absolute Gasteiger partial charge is 0.508 e. The van der Waals surface area contributed by atoms with Crippen molar-refractivity contribution in [3.8, 4) is 34.5 Å². The quantitative estimate of drug-likeness (QED) is 0.133. The average Bonchev–Trinajstić information content (AvgIpc) is 3.06. The minimum atomic E-state index is -1.10. The van der Waals surface area contributed by atoms with E-state index in [1.165, 1.54) is 6.07 Å². The molecule has 0 saturated heterocycles. The third-order valence-electron chi connectivity index (χ3n) is 7.60. The number of benzene rings is 5. The molecule has 8 heteroatoms. The molecule has 2 aliphatic rings. The lowest BCUT2D eigenvalue weighted by Crippen LogP contribution is -2.25. The van der Waals surface area contributed by atoms with Crippen LogP contribution < -0.4 is 9.47 Å². The zero-order valence-corrected chi connectivity index (χ0v) is 24.4. The molecule has 5 aromatic rings. The first-order chi connectivity index (χ1) is 22.2. The van der Waals surface area contributed by atoms with Crippen LogP contribution in [-0.4, -0.2) is 43.7 Å². The van der Waals surface area contributed by atoms with Gasteiger partial charge in [-0.25, -0.2) is 0 Å². The topological polar surface area (TPSA) is 137 Å². The Morgan fingerprint density at radius 1 is 0.565 bits per heavy atom. The van der Waals surface area contributed by atoms with E-state index in [1.54, 1.807) is 97.1 Å². The monoisotopic (exact) mass is 614 g/mol. The Morgan fingerprint density at radius 2 is 1.04 bits per heavy atom. The van der Waals surface area contributed by atoms with Gasteiger partial charge >= 0.3 is 0 Å². The molecule has 0 bridgehead atoms. The summed E-state index contributed by atoms with van der Waals surface area (Å²) < 4.78 is 11.5. The number of hydrogen-bond donors (Lipinski definition) is 5. The van der Waals surface area contributed by atoms with Gasteiger partial charge in [0.15, 0.2) is 5.78 Å². The van der Waals surface area contributed by atoms with E-state index >= 15 is 0 Å². The van der Waals surface area contributed by atoms with Crippen molar-refractivity contribution in [3.05, 3.63) is 143 Å². The van der Waals surface area contributed by atoms with Crippen LogP contribution in [0.2, 0.25) is 0 Å². The zero-order valence-electron chi connectivity index (χ0n) is 24.4. The summed E-state index contributed by atoms with van der Waals surface area (Å²) in [5, 5.41) is 48.0. The number of ether oxygens (including phenoxy) is 2. The highest BCUT2D eigenvalue weighted by atomic mass is 16.6. The van der Waals surface area contributed by atoms with Gasteiger partial charge in [0.2, 0.25) is 6.29 Å². The Balaban J connectivity index is 0.000000172. The summed E-state index contributed by atoms with van der Waals surface area (Å²) in [6, 6.07) is 32.1. The van der Waals surface area contributed by atoms with Crippen LogP contribution >= 0.6 is 0 Å². The van der Waals surface area contributed by atoms with E-state index in [4.69, 9.17) is 9.47 Å². The number of carbonyl (C=O) groups excluding carboxylic acids is 1. The Kier molecular flexibility index (Phi) is 8.45. The van der Waals surface area contributed by atoms with Crippen molar-refractivity contribution < 1.29 is 39.8 Å². The van der Waals surface area contributed by atoms with E-state index in [0.29, 0.717) is 22.6 Å². The van der Waals surface area contributed by atoms with Crippen LogP contribution in [0.3, 0.4) is 0 Å². The van der Waals surface area contributed by atoms with Crippen molar-refractivity contribution in [1.29, 1.82) is 0 Å². The Bertz CT molecular complexity index is 1930. The van der Waals surface area contributed by atoms with E-state index in [2.05, 4.69) is 0 Å². The minimum absolute atomic E-state index is 0.0196. The van der Waals surface area contributed by atoms with E-state index in [-0.39, 0.29) is 35.2 Å². The summed E-state index contributed by atoms with van der Waals surface area (Å²) in [5.41, 5.74) is 5.36. The van der Waals surface area contributed by atoms with Gasteiger partial charge in [-0.2, -0.15) is 0 Å². The molecule has 46 heavy (non-hydrogen) atoms. The Hall–Kier alpha value is -5.99. The first-order valence-electron chi connectivity index (χ1n) is 14.5. The number of carbonyl (C=O) groups is 1. The number of aliphatic hydroxyl groups excluding tert-OH is 1. The summed E-state index contributed by atoms with van der Waals surface area (Å²) in [7, 11) is 0. The second-order valence-corrected chi connectivity index (χ2v) is 10.8. The molecule has 0 fully saturated rings. The molecule has 0 aliphatic carbocycles. The molecule has 8 nitrogen and oxygen atoms in total. The highest BCUT2D eigenvalue weighted by molar-refractivity contribution is 5.99. The number of fused-ring (bicyclic) bond motifs is 2. The molecular weight excluding hydrogens is 584 g/mol. The maximum atomic E-state index is 12.7. The highest BCUT2D eigenvalue weighted by Crippen LogP contribution is 2.39. The van der Waals surface area contributed by atoms with E-state index in [0.717, 1.165) is 27.8 Å². The van der Waals surface area contributed by atoms with E-state index in [9.17, 15) is 30.3 Å². The average molecular weight is 615 g/mol. The third kappa shape index (κ3) is 6.72. The maximum absolute atomic E-state index is 12.7. The second-order valence-electron chi connectivity index (χ2n) is 10.8. The number of aliphatic hydroxyl groups is 1.